The Kier molecular flexibility index (Phi) is 6.50. The molecule has 0 bridgehead atoms. The van der Waals surface area contributed by atoms with E-state index in [4.69, 9.17) is 0 Å². The van der Waals surface area contributed by atoms with Crippen LogP contribution in [0.2, 0.25) is 0 Å². The van der Waals surface area contributed by atoms with Gasteiger partial charge in [0.2, 0.25) is 0 Å². The first kappa shape index (κ1) is 18.0. The van der Waals surface area contributed by atoms with Crippen LogP contribution in [0.15, 0.2) is 36.0 Å². The minimum absolute atomic E-state index is 0.0948. The summed E-state index contributed by atoms with van der Waals surface area (Å²) in [5.41, 5.74) is 0. The third-order valence-electron chi connectivity index (χ3n) is 4.99. The maximum atomic E-state index is 12.6. The first-order valence-corrected chi connectivity index (χ1v) is 10.2. The van der Waals surface area contributed by atoms with Gasteiger partial charge in [-0.25, -0.2) is 4.79 Å². The molecule has 3 heterocycles. The molecule has 0 spiro atoms. The van der Waals surface area contributed by atoms with E-state index in [1.165, 1.54) is 4.88 Å². The van der Waals surface area contributed by atoms with Crippen LogP contribution < -0.4 is 5.32 Å². The first-order valence-electron chi connectivity index (χ1n) is 9.32. The summed E-state index contributed by atoms with van der Waals surface area (Å²) in [5.74, 6) is 0.692. The lowest BCUT2D eigenvalue weighted by molar-refractivity contribution is 0.162. The van der Waals surface area contributed by atoms with Crippen molar-refractivity contribution in [1.29, 1.82) is 0 Å². The van der Waals surface area contributed by atoms with Crippen LogP contribution in [0.25, 0.3) is 0 Å². The van der Waals surface area contributed by atoms with E-state index in [9.17, 15) is 4.79 Å². The molecule has 3 rings (SSSR count). The maximum Gasteiger partial charge on any atom is 0.317 e. The van der Waals surface area contributed by atoms with Crippen LogP contribution in [0.1, 0.15) is 49.9 Å². The summed E-state index contributed by atoms with van der Waals surface area (Å²) in [6.07, 6.45) is 9.22. The minimum atomic E-state index is 0.0948. The summed E-state index contributed by atoms with van der Waals surface area (Å²) in [7, 11) is 0. The predicted octanol–water partition coefficient (Wildman–Crippen LogP) is 4.30. The number of hydrogen-bond acceptors (Lipinski definition) is 3. The molecule has 1 aliphatic rings. The molecule has 6 heteroatoms. The lowest BCUT2D eigenvalue weighted by Crippen LogP contribution is -2.45. The highest BCUT2D eigenvalue weighted by Crippen LogP contribution is 2.25. The van der Waals surface area contributed by atoms with E-state index in [1.54, 1.807) is 11.3 Å². The molecule has 1 N–H and O–H groups in total. The van der Waals surface area contributed by atoms with Crippen molar-refractivity contribution in [2.45, 2.75) is 51.6 Å². The zero-order valence-electron chi connectivity index (χ0n) is 14.9. The van der Waals surface area contributed by atoms with Gasteiger partial charge in [0.1, 0.15) is 0 Å². The normalized spacial score (nSPS) is 16.8. The predicted molar refractivity (Wildman–Crippen MR) is 102 cm³/mol. The molecular formula is C19H28N4OS. The highest BCUT2D eigenvalue weighted by Gasteiger charge is 2.24. The van der Waals surface area contributed by atoms with Crippen LogP contribution in [-0.4, -0.2) is 33.8 Å². The van der Waals surface area contributed by atoms with Crippen molar-refractivity contribution in [3.8, 4) is 0 Å². The lowest BCUT2D eigenvalue weighted by Gasteiger charge is -2.33. The van der Waals surface area contributed by atoms with Gasteiger partial charge in [-0.3, -0.25) is 4.68 Å². The average molecular weight is 361 g/mol. The Morgan fingerprint density at radius 3 is 2.88 bits per heavy atom. The largest absolute Gasteiger partial charge is 0.330 e. The summed E-state index contributed by atoms with van der Waals surface area (Å²) >= 11 is 1.72. The SMILES string of the molecule is CCCC(NC(=O)N1CCC(CCn2cccn2)CC1)c1cccs1. The summed E-state index contributed by atoms with van der Waals surface area (Å²) in [6.45, 7) is 4.86. The fourth-order valence-corrected chi connectivity index (χ4v) is 4.29. The molecule has 0 saturated carbocycles. The smallest absolute Gasteiger partial charge is 0.317 e. The third-order valence-corrected chi connectivity index (χ3v) is 5.98. The van der Waals surface area contributed by atoms with Gasteiger partial charge in [-0.15, -0.1) is 11.3 Å². The molecule has 136 valence electrons. The van der Waals surface area contributed by atoms with E-state index >= 15 is 0 Å². The van der Waals surface area contributed by atoms with Gasteiger partial charge in [-0.05, 0) is 49.1 Å². The molecule has 1 saturated heterocycles. The van der Waals surface area contributed by atoms with Crippen LogP contribution in [0.5, 0.6) is 0 Å². The van der Waals surface area contributed by atoms with Gasteiger partial charge in [0.15, 0.2) is 0 Å². The van der Waals surface area contributed by atoms with E-state index in [0.29, 0.717) is 5.92 Å². The standard InChI is InChI=1S/C19H28N4OS/c1-2-5-17(18-6-3-15-25-18)21-19(24)22-12-7-16(8-13-22)9-14-23-11-4-10-20-23/h3-4,6,10-11,15-17H,2,5,7-9,12-14H2,1H3,(H,21,24). The summed E-state index contributed by atoms with van der Waals surface area (Å²) in [5, 5.41) is 9.58. The topological polar surface area (TPSA) is 50.2 Å². The number of carbonyl (C=O) groups is 1. The number of carbonyl (C=O) groups excluding carboxylic acids is 1. The molecule has 0 aromatic carbocycles. The molecule has 0 radical (unpaired) electrons. The van der Waals surface area contributed by atoms with Crippen LogP contribution in [0.3, 0.4) is 0 Å². The van der Waals surface area contributed by atoms with Crippen LogP contribution in [-0.2, 0) is 6.54 Å². The van der Waals surface area contributed by atoms with Gasteiger partial charge in [-0.2, -0.15) is 5.10 Å². The van der Waals surface area contributed by atoms with Crippen molar-refractivity contribution in [2.75, 3.05) is 13.1 Å². The number of hydrogen-bond donors (Lipinski definition) is 1. The van der Waals surface area contributed by atoms with E-state index < -0.39 is 0 Å². The van der Waals surface area contributed by atoms with Gasteiger partial charge in [0.05, 0.1) is 6.04 Å². The zero-order chi connectivity index (χ0) is 17.5. The molecule has 5 nitrogen and oxygen atoms in total. The van der Waals surface area contributed by atoms with E-state index in [1.807, 2.05) is 28.0 Å². The number of nitrogens with one attached hydrogen (secondary N) is 1. The van der Waals surface area contributed by atoms with Crippen molar-refractivity contribution in [2.24, 2.45) is 5.92 Å². The number of piperidine rings is 1. The van der Waals surface area contributed by atoms with Crippen molar-refractivity contribution in [3.05, 3.63) is 40.8 Å². The lowest BCUT2D eigenvalue weighted by atomic mass is 9.94. The van der Waals surface area contributed by atoms with Crippen molar-refractivity contribution in [3.63, 3.8) is 0 Å². The first-order chi connectivity index (χ1) is 12.3. The van der Waals surface area contributed by atoms with Gasteiger partial charge < -0.3 is 10.2 Å². The minimum Gasteiger partial charge on any atom is -0.330 e. The second kappa shape index (κ2) is 9.04. The Morgan fingerprint density at radius 2 is 2.24 bits per heavy atom. The Hall–Kier alpha value is -1.82. The van der Waals surface area contributed by atoms with Gasteiger partial charge >= 0.3 is 6.03 Å². The number of thiophene rings is 1. The highest BCUT2D eigenvalue weighted by atomic mass is 32.1. The molecule has 25 heavy (non-hydrogen) atoms. The molecular weight excluding hydrogens is 332 g/mol. The molecule has 2 aromatic heterocycles. The van der Waals surface area contributed by atoms with Crippen LogP contribution in [0, 0.1) is 5.92 Å². The summed E-state index contributed by atoms with van der Waals surface area (Å²) < 4.78 is 2.00. The average Bonchev–Trinajstić information content (AvgIpc) is 3.33. The molecule has 2 aromatic rings. The Labute approximate surface area is 154 Å². The fourth-order valence-electron chi connectivity index (χ4n) is 3.48. The Bertz CT molecular complexity index is 618. The van der Waals surface area contributed by atoms with Crippen molar-refractivity contribution < 1.29 is 4.79 Å². The monoisotopic (exact) mass is 360 g/mol. The molecule has 0 aliphatic carbocycles. The Morgan fingerprint density at radius 1 is 1.40 bits per heavy atom. The molecule has 1 atom stereocenters. The number of urea groups is 1. The van der Waals surface area contributed by atoms with Gasteiger partial charge in [0.25, 0.3) is 0 Å². The second-order valence-electron chi connectivity index (χ2n) is 6.79. The fraction of sp³-hybridized carbons (Fsp3) is 0.579. The number of likely N-dealkylation sites (tertiary alicyclic amines) is 1. The second-order valence-corrected chi connectivity index (χ2v) is 7.77. The highest BCUT2D eigenvalue weighted by molar-refractivity contribution is 7.10. The molecule has 1 fully saturated rings. The Balaban J connectivity index is 1.44. The van der Waals surface area contributed by atoms with Crippen molar-refractivity contribution in [1.82, 2.24) is 20.0 Å². The molecule has 1 unspecified atom stereocenters. The number of amides is 2. The number of rotatable bonds is 7. The summed E-state index contributed by atoms with van der Waals surface area (Å²) in [6, 6.07) is 6.38. The number of nitrogens with zero attached hydrogens (tertiary/aromatic N) is 3. The van der Waals surface area contributed by atoms with Crippen LogP contribution >= 0.6 is 11.3 Å². The maximum absolute atomic E-state index is 12.6. The molecule has 1 aliphatic heterocycles. The van der Waals surface area contributed by atoms with E-state index in [0.717, 1.165) is 51.7 Å². The number of aryl methyl sites for hydroxylation is 1. The van der Waals surface area contributed by atoms with Gasteiger partial charge in [0, 0.05) is 36.9 Å². The van der Waals surface area contributed by atoms with Crippen LogP contribution in [0.4, 0.5) is 4.79 Å². The number of aromatic nitrogens is 2. The third kappa shape index (κ3) is 5.08. The summed E-state index contributed by atoms with van der Waals surface area (Å²) in [4.78, 5) is 15.9. The zero-order valence-corrected chi connectivity index (χ0v) is 15.8. The molecule has 2 amide bonds. The van der Waals surface area contributed by atoms with E-state index in [-0.39, 0.29) is 12.1 Å². The van der Waals surface area contributed by atoms with Gasteiger partial charge in [-0.1, -0.05) is 19.4 Å². The quantitative estimate of drug-likeness (QED) is 0.800. The van der Waals surface area contributed by atoms with Crippen molar-refractivity contribution >= 4 is 17.4 Å². The van der Waals surface area contributed by atoms with E-state index in [2.05, 4.69) is 34.9 Å².